The Morgan fingerprint density at radius 1 is 1.24 bits per heavy atom. The molecule has 0 bridgehead atoms. The summed E-state index contributed by atoms with van der Waals surface area (Å²) in [6.07, 6.45) is -9.87. The van der Waals surface area contributed by atoms with Gasteiger partial charge in [-0.1, -0.05) is 30.2 Å². The number of aliphatic hydroxyl groups is 4. The van der Waals surface area contributed by atoms with Crippen LogP contribution < -0.4 is 0 Å². The fraction of sp³-hybridized carbons (Fsp3) is 0.500. The molecule has 1 aliphatic rings. The first kappa shape index (κ1) is 10.2. The highest BCUT2D eigenvalue weighted by Gasteiger charge is 2.44. The van der Waals surface area contributed by atoms with Gasteiger partial charge in [-0.3, -0.25) is 0 Å². The summed E-state index contributed by atoms with van der Waals surface area (Å²) in [5, 5.41) is 47.9. The largest absolute Gasteiger partial charge is 0.394 e. The first-order valence-corrected chi connectivity index (χ1v) is 6.08. The third kappa shape index (κ3) is 3.39. The molecule has 1 fully saturated rings. The van der Waals surface area contributed by atoms with Gasteiger partial charge in [0.05, 0.1) is 19.5 Å². The first-order valence-electron chi connectivity index (χ1n) is 8.58. The van der Waals surface area contributed by atoms with Gasteiger partial charge >= 0.3 is 0 Å². The van der Waals surface area contributed by atoms with E-state index in [0.717, 1.165) is 0 Å². The van der Waals surface area contributed by atoms with E-state index in [1.54, 1.807) is 6.07 Å². The molecule has 1 unspecified atom stereocenters. The molecule has 7 nitrogen and oxygen atoms in total. The lowest BCUT2D eigenvalue weighted by atomic mass is 9.99. The first-order chi connectivity index (χ1) is 12.1. The second kappa shape index (κ2) is 6.95. The highest BCUT2D eigenvalue weighted by Crippen LogP contribution is 2.27. The molecule has 1 heterocycles. The molecule has 0 radical (unpaired) electrons. The van der Waals surface area contributed by atoms with Crippen LogP contribution >= 0.6 is 0 Å². The average Bonchev–Trinajstić information content (AvgIpc) is 2.63. The molecule has 1 aromatic rings. The summed E-state index contributed by atoms with van der Waals surface area (Å²) in [7, 11) is 0. The van der Waals surface area contributed by atoms with Gasteiger partial charge in [-0.2, -0.15) is 5.26 Å². The quantitative estimate of drug-likeness (QED) is 0.566. The van der Waals surface area contributed by atoms with Crippen LogP contribution in [0.25, 0.3) is 0 Å². The molecule has 2 rings (SSSR count). The van der Waals surface area contributed by atoms with Crippen molar-refractivity contribution in [3.05, 3.63) is 35.8 Å². The van der Waals surface area contributed by atoms with Crippen molar-refractivity contribution < 1.29 is 36.8 Å². The summed E-state index contributed by atoms with van der Waals surface area (Å²) in [5.41, 5.74) is -0.463. The molecule has 21 heavy (non-hydrogen) atoms. The molecule has 0 amide bonds. The number of aliphatic hydroxyl groups excluding tert-OH is 4. The maximum atomic E-state index is 9.96. The lowest BCUT2D eigenvalue weighted by molar-refractivity contribution is -0.307. The monoisotopic (exact) mass is 300 g/mol. The van der Waals surface area contributed by atoms with Crippen LogP contribution in [0.15, 0.2) is 30.2 Å². The summed E-state index contributed by atoms with van der Waals surface area (Å²) < 4.78 is 48.8. The van der Waals surface area contributed by atoms with Crippen molar-refractivity contribution in [2.45, 2.75) is 36.8 Å². The van der Waals surface area contributed by atoms with Gasteiger partial charge in [0.25, 0.3) is 0 Å². The van der Waals surface area contributed by atoms with Crippen molar-refractivity contribution in [3.8, 4) is 6.07 Å². The second-order valence-corrected chi connectivity index (χ2v) is 4.38. The van der Waals surface area contributed by atoms with Gasteiger partial charge in [0.2, 0.25) is 0 Å². The molecule has 6 atom stereocenters. The van der Waals surface area contributed by atoms with Crippen molar-refractivity contribution in [1.82, 2.24) is 0 Å². The molecule has 0 aromatic heterocycles. The van der Waals surface area contributed by atoms with E-state index in [0.29, 0.717) is 0 Å². The minimum absolute atomic E-state index is 0.463. The summed E-state index contributed by atoms with van der Waals surface area (Å²) in [4.78, 5) is 0. The molecule has 4 N–H and O–H groups in total. The number of rotatable bonds is 4. The standard InChI is InChI=1S/C14H17NO6/c15-6-9(8-4-2-1-3-5-8)20-14-13(19)12(18)11(17)10(7-16)21-14/h1-5,9-14,16-19H,7H2/t9?,10-,11-,12+,13-,14-/m1/s1/i1D,2D,3D,4D,5D. The van der Waals surface area contributed by atoms with Gasteiger partial charge in [-0.15, -0.1) is 0 Å². The van der Waals surface area contributed by atoms with Crippen LogP contribution in [-0.4, -0.2) is 57.7 Å². The number of nitrogens with zero attached hydrogens (tertiary/aromatic N) is 1. The maximum Gasteiger partial charge on any atom is 0.188 e. The van der Waals surface area contributed by atoms with Crippen molar-refractivity contribution in [3.63, 3.8) is 0 Å². The van der Waals surface area contributed by atoms with E-state index in [1.807, 2.05) is 0 Å². The SMILES string of the molecule is [2H]c1c([2H])c([2H])c(C(C#N)O[C@@H]2O[C@H](CO)[C@@H](O)[C@H](O)[C@H]2O)c([2H])c1[2H]. The third-order valence-corrected chi connectivity index (χ3v) is 3.02. The second-order valence-electron chi connectivity index (χ2n) is 4.38. The zero-order valence-electron chi connectivity index (χ0n) is 15.7. The van der Waals surface area contributed by atoms with Crippen LogP contribution in [0, 0.1) is 11.3 Å². The summed E-state index contributed by atoms with van der Waals surface area (Å²) in [6.45, 7) is -0.712. The number of nitriles is 1. The summed E-state index contributed by atoms with van der Waals surface area (Å²) in [5.74, 6) is 0. The molecule has 0 saturated carbocycles. The normalized spacial score (nSPS) is 37.5. The van der Waals surface area contributed by atoms with E-state index in [9.17, 15) is 20.6 Å². The van der Waals surface area contributed by atoms with Crippen molar-refractivity contribution >= 4 is 0 Å². The maximum absolute atomic E-state index is 9.96. The minimum atomic E-state index is -1.80. The van der Waals surface area contributed by atoms with Gasteiger partial charge in [-0.25, -0.2) is 0 Å². The van der Waals surface area contributed by atoms with Crippen molar-refractivity contribution in [2.75, 3.05) is 6.61 Å². The highest BCUT2D eigenvalue weighted by atomic mass is 16.7. The average molecular weight is 300 g/mol. The molecule has 1 saturated heterocycles. The smallest absolute Gasteiger partial charge is 0.188 e. The van der Waals surface area contributed by atoms with E-state index in [-0.39, 0.29) is 0 Å². The molecule has 0 aliphatic carbocycles. The highest BCUT2D eigenvalue weighted by molar-refractivity contribution is 5.22. The van der Waals surface area contributed by atoms with E-state index in [4.69, 9.17) is 21.4 Å². The fourth-order valence-electron chi connectivity index (χ4n) is 1.87. The Morgan fingerprint density at radius 2 is 1.90 bits per heavy atom. The fourth-order valence-corrected chi connectivity index (χ4v) is 1.87. The zero-order valence-corrected chi connectivity index (χ0v) is 10.7. The van der Waals surface area contributed by atoms with Crippen LogP contribution in [0.3, 0.4) is 0 Å². The molecule has 1 aromatic carbocycles. The molecule has 114 valence electrons. The van der Waals surface area contributed by atoms with Crippen LogP contribution in [0.4, 0.5) is 0 Å². The van der Waals surface area contributed by atoms with Gasteiger partial charge in [-0.05, 0) is 5.56 Å². The lowest BCUT2D eigenvalue weighted by Crippen LogP contribution is -2.59. The van der Waals surface area contributed by atoms with Crippen LogP contribution in [0.5, 0.6) is 0 Å². The Bertz CT molecular complexity index is 698. The lowest BCUT2D eigenvalue weighted by Gasteiger charge is -2.40. The van der Waals surface area contributed by atoms with Crippen molar-refractivity contribution in [1.29, 1.82) is 5.26 Å². The van der Waals surface area contributed by atoms with E-state index in [1.165, 1.54) is 0 Å². The minimum Gasteiger partial charge on any atom is -0.394 e. The summed E-state index contributed by atoms with van der Waals surface area (Å²) >= 11 is 0. The molecule has 7 heteroatoms. The van der Waals surface area contributed by atoms with Crippen LogP contribution in [0.1, 0.15) is 18.5 Å². The summed E-state index contributed by atoms with van der Waals surface area (Å²) in [6, 6.07) is -1.69. The Labute approximate surface area is 128 Å². The van der Waals surface area contributed by atoms with Gasteiger partial charge in [0.15, 0.2) is 12.4 Å². The molecule has 1 aliphatic heterocycles. The molecule has 0 spiro atoms. The van der Waals surface area contributed by atoms with Crippen molar-refractivity contribution in [2.24, 2.45) is 0 Å². The van der Waals surface area contributed by atoms with E-state index < -0.39 is 79.2 Å². The number of hydrogen-bond donors (Lipinski definition) is 4. The number of ether oxygens (including phenoxy) is 2. The Hall–Kier alpha value is -1.53. The third-order valence-electron chi connectivity index (χ3n) is 3.02. The molecular weight excluding hydrogens is 278 g/mol. The van der Waals surface area contributed by atoms with Gasteiger partial charge in [0.1, 0.15) is 24.4 Å². The van der Waals surface area contributed by atoms with E-state index in [2.05, 4.69) is 0 Å². The predicted octanol–water partition coefficient (Wildman–Crippen LogP) is -0.932. The molecular formula is C14H17NO6. The van der Waals surface area contributed by atoms with E-state index >= 15 is 0 Å². The van der Waals surface area contributed by atoms with Crippen LogP contribution in [-0.2, 0) is 9.47 Å². The van der Waals surface area contributed by atoms with Gasteiger partial charge < -0.3 is 29.9 Å². The Kier molecular flexibility index (Phi) is 3.39. The Balaban J connectivity index is 2.38. The number of benzene rings is 1. The zero-order chi connectivity index (χ0) is 19.8. The number of hydrogen-bond acceptors (Lipinski definition) is 7. The predicted molar refractivity (Wildman–Crippen MR) is 69.6 cm³/mol. The Morgan fingerprint density at radius 3 is 2.48 bits per heavy atom. The topological polar surface area (TPSA) is 123 Å². The van der Waals surface area contributed by atoms with Gasteiger partial charge in [0, 0.05) is 0 Å². The van der Waals surface area contributed by atoms with Crippen LogP contribution in [0.2, 0.25) is 0 Å².